The maximum absolute atomic E-state index is 13.8. The normalized spacial score (nSPS) is 15.7. The highest BCUT2D eigenvalue weighted by Crippen LogP contribution is 2.38. The zero-order valence-electron chi connectivity index (χ0n) is 19.7. The van der Waals surface area contributed by atoms with E-state index < -0.39 is 11.7 Å². The summed E-state index contributed by atoms with van der Waals surface area (Å²) in [4.78, 5) is 23.8. The Morgan fingerprint density at radius 2 is 1.92 bits per heavy atom. The number of halogens is 3. The quantitative estimate of drug-likeness (QED) is 0.544. The lowest BCUT2D eigenvalue weighted by molar-refractivity contribution is -0.137. The average molecular weight is 512 g/mol. The molecule has 37 heavy (non-hydrogen) atoms. The molecule has 0 radical (unpaired) electrons. The molecule has 3 aromatic rings. The minimum Gasteiger partial charge on any atom is -0.459 e. The highest BCUT2D eigenvalue weighted by atomic mass is 19.4. The van der Waals surface area contributed by atoms with Gasteiger partial charge in [-0.3, -0.25) is 4.79 Å². The summed E-state index contributed by atoms with van der Waals surface area (Å²) >= 11 is 0. The van der Waals surface area contributed by atoms with E-state index in [1.165, 1.54) is 11.0 Å². The van der Waals surface area contributed by atoms with Crippen LogP contribution in [0.4, 0.5) is 30.5 Å². The van der Waals surface area contributed by atoms with Crippen LogP contribution >= 0.6 is 0 Å². The molecule has 2 aromatic heterocycles. The molecular weight excluding hydrogens is 489 g/mol. The molecule has 0 spiro atoms. The van der Waals surface area contributed by atoms with Crippen molar-refractivity contribution < 1.29 is 27.1 Å². The number of furan rings is 1. The number of amides is 1. The Morgan fingerprint density at radius 3 is 2.62 bits per heavy atom. The van der Waals surface area contributed by atoms with Crippen molar-refractivity contribution in [3.63, 3.8) is 0 Å². The van der Waals surface area contributed by atoms with Crippen LogP contribution in [-0.4, -0.2) is 53.6 Å². The summed E-state index contributed by atoms with van der Waals surface area (Å²) in [5, 5.41) is 11.7. The summed E-state index contributed by atoms with van der Waals surface area (Å²) in [6.45, 7) is 3.38. The first kappa shape index (κ1) is 24.6. The van der Waals surface area contributed by atoms with Gasteiger partial charge in [-0.25, -0.2) is 9.97 Å². The highest BCUT2D eigenvalue weighted by molar-refractivity contribution is 5.78. The molecule has 0 atom stereocenters. The van der Waals surface area contributed by atoms with Crippen LogP contribution in [0, 0.1) is 11.3 Å². The number of carbonyl (C=O) groups excluding carboxylic acids is 1. The molecular formula is C25H23F3N6O3. The summed E-state index contributed by atoms with van der Waals surface area (Å²) in [5.41, 5.74) is 0.815. The van der Waals surface area contributed by atoms with Gasteiger partial charge in [0.2, 0.25) is 11.9 Å². The number of nitrogens with zero attached hydrogens (tertiary/aromatic N) is 5. The molecule has 1 fully saturated rings. The van der Waals surface area contributed by atoms with Gasteiger partial charge in [-0.1, -0.05) is 0 Å². The fraction of sp³-hybridized carbons (Fsp3) is 0.360. The number of morpholine rings is 1. The van der Waals surface area contributed by atoms with E-state index in [9.17, 15) is 18.0 Å². The summed E-state index contributed by atoms with van der Waals surface area (Å²) in [6, 6.07) is 10.7. The maximum atomic E-state index is 13.8. The minimum atomic E-state index is -4.70. The van der Waals surface area contributed by atoms with E-state index in [1.807, 2.05) is 30.3 Å². The number of hydrogen-bond donors (Lipinski definition) is 1. The number of fused-ring (bicyclic) bond motifs is 1. The summed E-state index contributed by atoms with van der Waals surface area (Å²) < 4.78 is 52.6. The molecule has 1 N–H and O–H groups in total. The van der Waals surface area contributed by atoms with Gasteiger partial charge in [0, 0.05) is 55.7 Å². The first-order valence-electron chi connectivity index (χ1n) is 11.7. The first-order chi connectivity index (χ1) is 17.8. The monoisotopic (exact) mass is 512 g/mol. The van der Waals surface area contributed by atoms with Gasteiger partial charge in [-0.15, -0.1) is 0 Å². The van der Waals surface area contributed by atoms with Crippen molar-refractivity contribution in [1.29, 1.82) is 5.26 Å². The molecule has 0 unspecified atom stereocenters. The molecule has 1 aromatic carbocycles. The second kappa shape index (κ2) is 10.1. The molecule has 2 aliphatic heterocycles. The Labute approximate surface area is 210 Å². The summed E-state index contributed by atoms with van der Waals surface area (Å²) in [5.74, 6) is 0.0957. The number of ether oxygens (including phenoxy) is 1. The van der Waals surface area contributed by atoms with E-state index in [-0.39, 0.29) is 36.3 Å². The second-order valence-corrected chi connectivity index (χ2v) is 8.68. The zero-order chi connectivity index (χ0) is 26.0. The maximum Gasteiger partial charge on any atom is 0.420 e. The second-order valence-electron chi connectivity index (χ2n) is 8.68. The molecule has 4 heterocycles. The van der Waals surface area contributed by atoms with E-state index in [2.05, 4.69) is 20.2 Å². The van der Waals surface area contributed by atoms with Crippen molar-refractivity contribution in [3.8, 4) is 17.5 Å². The van der Waals surface area contributed by atoms with Crippen LogP contribution in [0.15, 0.2) is 40.9 Å². The van der Waals surface area contributed by atoms with E-state index in [4.69, 9.17) is 14.4 Å². The van der Waals surface area contributed by atoms with Crippen molar-refractivity contribution in [2.75, 3.05) is 43.1 Å². The molecule has 0 bridgehead atoms. The SMILES string of the molecule is N#CCC(=O)N1CCc2oc(-c3nc(Nc4ccc(N5CCOCC5)cc4)ncc3C(F)(F)F)cc2C1. The average Bonchev–Trinajstić information content (AvgIpc) is 3.33. The molecule has 2 aliphatic rings. The Bertz CT molecular complexity index is 1330. The largest absolute Gasteiger partial charge is 0.459 e. The highest BCUT2D eigenvalue weighted by Gasteiger charge is 2.37. The molecule has 1 saturated heterocycles. The predicted molar refractivity (Wildman–Crippen MR) is 127 cm³/mol. The Morgan fingerprint density at radius 1 is 1.16 bits per heavy atom. The number of benzene rings is 1. The summed E-state index contributed by atoms with van der Waals surface area (Å²) in [7, 11) is 0. The standard InChI is InChI=1S/C25H23F3N6O3/c26-25(27,28)19-14-30-24(31-17-1-3-18(4-2-17)33-9-11-36-12-10-33)32-23(19)21-13-16-15-34(22(35)5-7-29)8-6-20(16)37-21/h1-4,13-14H,5-6,8-12,15H2,(H,30,31,32). The van der Waals surface area contributed by atoms with Crippen LogP contribution in [-0.2, 0) is 28.7 Å². The predicted octanol–water partition coefficient (Wildman–Crippen LogP) is 4.13. The third kappa shape index (κ3) is 5.36. The van der Waals surface area contributed by atoms with Crippen LogP contribution in [0.3, 0.4) is 0 Å². The lowest BCUT2D eigenvalue weighted by Gasteiger charge is -2.28. The van der Waals surface area contributed by atoms with Crippen molar-refractivity contribution >= 4 is 23.2 Å². The number of carbonyl (C=O) groups is 1. The number of aromatic nitrogens is 2. The minimum absolute atomic E-state index is 0.0117. The Hall–Kier alpha value is -4.11. The van der Waals surface area contributed by atoms with Gasteiger partial charge in [0.05, 0.1) is 19.3 Å². The number of alkyl halides is 3. The smallest absolute Gasteiger partial charge is 0.420 e. The number of hydrogen-bond acceptors (Lipinski definition) is 8. The third-order valence-corrected chi connectivity index (χ3v) is 6.28. The van der Waals surface area contributed by atoms with Crippen molar-refractivity contribution in [2.24, 2.45) is 0 Å². The van der Waals surface area contributed by atoms with E-state index in [0.29, 0.717) is 43.2 Å². The third-order valence-electron chi connectivity index (χ3n) is 6.28. The van der Waals surface area contributed by atoms with Crippen molar-refractivity contribution in [3.05, 3.63) is 53.4 Å². The Kier molecular flexibility index (Phi) is 6.71. The van der Waals surface area contributed by atoms with Crippen LogP contribution < -0.4 is 10.2 Å². The van der Waals surface area contributed by atoms with Gasteiger partial charge < -0.3 is 24.3 Å². The molecule has 9 nitrogen and oxygen atoms in total. The van der Waals surface area contributed by atoms with Gasteiger partial charge >= 0.3 is 6.18 Å². The molecule has 0 aliphatic carbocycles. The number of nitrogens with one attached hydrogen (secondary N) is 1. The number of rotatable bonds is 5. The molecule has 5 rings (SSSR count). The van der Waals surface area contributed by atoms with Gasteiger partial charge in [-0.2, -0.15) is 18.4 Å². The van der Waals surface area contributed by atoms with Gasteiger partial charge in [0.15, 0.2) is 5.76 Å². The van der Waals surface area contributed by atoms with Gasteiger partial charge in [-0.05, 0) is 30.3 Å². The van der Waals surface area contributed by atoms with E-state index in [1.54, 1.807) is 0 Å². The van der Waals surface area contributed by atoms with Crippen LogP contribution in [0.5, 0.6) is 0 Å². The van der Waals surface area contributed by atoms with E-state index in [0.717, 1.165) is 25.0 Å². The van der Waals surface area contributed by atoms with Gasteiger partial charge in [0.25, 0.3) is 0 Å². The topological polar surface area (TPSA) is 108 Å². The fourth-order valence-corrected chi connectivity index (χ4v) is 4.39. The molecule has 192 valence electrons. The van der Waals surface area contributed by atoms with Crippen LogP contribution in [0.2, 0.25) is 0 Å². The van der Waals surface area contributed by atoms with Crippen LogP contribution in [0.25, 0.3) is 11.5 Å². The van der Waals surface area contributed by atoms with Crippen molar-refractivity contribution in [1.82, 2.24) is 14.9 Å². The van der Waals surface area contributed by atoms with Gasteiger partial charge in [0.1, 0.15) is 23.4 Å². The van der Waals surface area contributed by atoms with Crippen LogP contribution in [0.1, 0.15) is 23.3 Å². The molecule has 12 heteroatoms. The molecule has 1 amide bonds. The summed E-state index contributed by atoms with van der Waals surface area (Å²) in [6.07, 6.45) is -3.89. The first-order valence-corrected chi connectivity index (χ1v) is 11.7. The molecule has 0 saturated carbocycles. The van der Waals surface area contributed by atoms with E-state index >= 15 is 0 Å². The fourth-order valence-electron chi connectivity index (χ4n) is 4.39. The number of anilines is 3. The lowest BCUT2D eigenvalue weighted by atomic mass is 10.1. The number of nitriles is 1. The lowest BCUT2D eigenvalue weighted by Crippen LogP contribution is -2.36. The zero-order valence-corrected chi connectivity index (χ0v) is 19.7. The Balaban J connectivity index is 1.40. The van der Waals surface area contributed by atoms with Crippen molar-refractivity contribution in [2.45, 2.75) is 25.6 Å².